The number of hydrogen-bond donors (Lipinski definition) is 2. The first-order valence-corrected chi connectivity index (χ1v) is 9.71. The van der Waals surface area contributed by atoms with Crippen LogP contribution in [0.1, 0.15) is 41.0 Å². The van der Waals surface area contributed by atoms with Crippen LogP contribution in [0.3, 0.4) is 0 Å². The molecule has 2 N–H and O–H groups in total. The molecule has 2 amide bonds. The summed E-state index contributed by atoms with van der Waals surface area (Å²) in [4.78, 5) is 37.5. The Bertz CT molecular complexity index is 1090. The Kier molecular flexibility index (Phi) is 5.43. The number of pyridine rings is 1. The molecule has 7 nitrogen and oxygen atoms in total. The number of carbonyl (C=O) groups excluding carboxylic acids is 2. The predicted molar refractivity (Wildman–Crippen MR) is 107 cm³/mol. The minimum atomic E-state index is -2.70. The van der Waals surface area contributed by atoms with E-state index in [0.717, 1.165) is 5.56 Å². The molecule has 1 fully saturated rings. The molecular weight excluding hydrogens is 392 g/mol. The number of amides is 2. The van der Waals surface area contributed by atoms with E-state index in [2.05, 4.69) is 20.3 Å². The zero-order chi connectivity index (χ0) is 21.3. The summed E-state index contributed by atoms with van der Waals surface area (Å²) in [6.07, 6.45) is 0.0420. The first-order chi connectivity index (χ1) is 14.4. The highest BCUT2D eigenvalue weighted by Gasteiger charge is 2.28. The van der Waals surface area contributed by atoms with E-state index < -0.39 is 12.2 Å². The summed E-state index contributed by atoms with van der Waals surface area (Å²) in [7, 11) is 0. The van der Waals surface area contributed by atoms with Crippen LogP contribution < -0.4 is 5.32 Å². The number of piperidine rings is 1. The number of carbonyl (C=O) groups is 2. The maximum atomic E-state index is 12.8. The summed E-state index contributed by atoms with van der Waals surface area (Å²) >= 11 is 0. The van der Waals surface area contributed by atoms with Crippen LogP contribution in [0.25, 0.3) is 11.0 Å². The van der Waals surface area contributed by atoms with E-state index in [1.165, 1.54) is 0 Å². The van der Waals surface area contributed by atoms with Crippen molar-refractivity contribution in [3.8, 4) is 0 Å². The first-order valence-electron chi connectivity index (χ1n) is 9.71. The van der Waals surface area contributed by atoms with Gasteiger partial charge in [0.15, 0.2) is 5.82 Å². The smallest absolute Gasteiger partial charge is 0.295 e. The number of hydrogen-bond acceptors (Lipinski definition) is 4. The molecule has 1 aliphatic rings. The molecule has 0 bridgehead atoms. The zero-order valence-electron chi connectivity index (χ0n) is 16.4. The van der Waals surface area contributed by atoms with Gasteiger partial charge in [0, 0.05) is 30.8 Å². The second-order valence-corrected chi connectivity index (χ2v) is 7.43. The van der Waals surface area contributed by atoms with E-state index in [1.54, 1.807) is 29.3 Å². The van der Waals surface area contributed by atoms with Gasteiger partial charge in [0.1, 0.15) is 5.82 Å². The summed E-state index contributed by atoms with van der Waals surface area (Å²) in [6.45, 7) is 2.82. The number of anilines is 1. The van der Waals surface area contributed by atoms with Crippen molar-refractivity contribution in [3.63, 3.8) is 0 Å². The average molecular weight is 413 g/mol. The van der Waals surface area contributed by atoms with Crippen molar-refractivity contribution in [3.05, 3.63) is 53.5 Å². The molecule has 0 saturated carbocycles. The van der Waals surface area contributed by atoms with Gasteiger partial charge in [-0.05, 0) is 55.7 Å². The highest BCUT2D eigenvalue weighted by molar-refractivity contribution is 5.98. The van der Waals surface area contributed by atoms with Gasteiger partial charge in [-0.25, -0.2) is 18.7 Å². The summed E-state index contributed by atoms with van der Waals surface area (Å²) in [5, 5.41) is 2.83. The highest BCUT2D eigenvalue weighted by Crippen LogP contribution is 2.24. The zero-order valence-corrected chi connectivity index (χ0v) is 16.4. The third-order valence-electron chi connectivity index (χ3n) is 5.27. The van der Waals surface area contributed by atoms with Gasteiger partial charge < -0.3 is 15.2 Å². The topological polar surface area (TPSA) is 91.0 Å². The van der Waals surface area contributed by atoms with Crippen molar-refractivity contribution in [1.82, 2.24) is 19.9 Å². The van der Waals surface area contributed by atoms with E-state index in [0.29, 0.717) is 48.3 Å². The molecule has 30 heavy (non-hydrogen) atoms. The van der Waals surface area contributed by atoms with Crippen LogP contribution in [0, 0.1) is 12.8 Å². The number of halogens is 2. The average Bonchev–Trinajstić information content (AvgIpc) is 3.17. The fourth-order valence-corrected chi connectivity index (χ4v) is 3.63. The van der Waals surface area contributed by atoms with Crippen LogP contribution in [-0.4, -0.2) is 44.8 Å². The molecule has 9 heteroatoms. The van der Waals surface area contributed by atoms with Crippen LogP contribution in [0.2, 0.25) is 0 Å². The number of benzene rings is 1. The van der Waals surface area contributed by atoms with Crippen LogP contribution in [0.4, 0.5) is 14.6 Å². The van der Waals surface area contributed by atoms with Crippen molar-refractivity contribution in [1.29, 1.82) is 0 Å². The normalized spacial score (nSPS) is 15.0. The molecular formula is C21H21F2N5O2. The number of H-pyrrole nitrogens is 1. The van der Waals surface area contributed by atoms with Gasteiger partial charge in [-0.2, -0.15) is 0 Å². The second-order valence-electron chi connectivity index (χ2n) is 7.43. The van der Waals surface area contributed by atoms with E-state index in [4.69, 9.17) is 0 Å². The number of alkyl halides is 2. The Morgan fingerprint density at radius 1 is 1.20 bits per heavy atom. The van der Waals surface area contributed by atoms with E-state index in [-0.39, 0.29) is 17.7 Å². The largest absolute Gasteiger partial charge is 0.339 e. The van der Waals surface area contributed by atoms with Crippen molar-refractivity contribution in [2.24, 2.45) is 5.92 Å². The van der Waals surface area contributed by atoms with Gasteiger partial charge in [-0.3, -0.25) is 9.59 Å². The third kappa shape index (κ3) is 4.14. The molecule has 2 aromatic heterocycles. The van der Waals surface area contributed by atoms with Gasteiger partial charge in [0.05, 0.1) is 11.0 Å². The molecule has 1 saturated heterocycles. The van der Waals surface area contributed by atoms with E-state index >= 15 is 0 Å². The van der Waals surface area contributed by atoms with Crippen LogP contribution in [0.5, 0.6) is 0 Å². The SMILES string of the molecule is Cc1ccnc(NC(=O)C2CCN(C(=O)c3ccc4nc(C(F)F)[nH]c4c3)CC2)c1. The second kappa shape index (κ2) is 8.17. The van der Waals surface area contributed by atoms with Crippen molar-refractivity contribution < 1.29 is 18.4 Å². The van der Waals surface area contributed by atoms with Gasteiger partial charge in [0.25, 0.3) is 12.3 Å². The fourth-order valence-electron chi connectivity index (χ4n) is 3.63. The number of aromatic nitrogens is 3. The molecule has 1 aliphatic heterocycles. The number of nitrogens with one attached hydrogen (secondary N) is 2. The maximum absolute atomic E-state index is 12.8. The quantitative estimate of drug-likeness (QED) is 0.682. The van der Waals surface area contributed by atoms with Gasteiger partial charge in [0.2, 0.25) is 5.91 Å². The Hall–Kier alpha value is -3.36. The number of aromatic amines is 1. The molecule has 156 valence electrons. The third-order valence-corrected chi connectivity index (χ3v) is 5.27. The Labute approximate surface area is 171 Å². The lowest BCUT2D eigenvalue weighted by molar-refractivity contribution is -0.121. The Morgan fingerprint density at radius 2 is 1.97 bits per heavy atom. The Morgan fingerprint density at radius 3 is 2.67 bits per heavy atom. The summed E-state index contributed by atoms with van der Waals surface area (Å²) in [6, 6.07) is 8.35. The number of nitrogens with zero attached hydrogens (tertiary/aromatic N) is 3. The lowest BCUT2D eigenvalue weighted by atomic mass is 9.95. The fraction of sp³-hybridized carbons (Fsp3) is 0.333. The van der Waals surface area contributed by atoms with Crippen LogP contribution in [0.15, 0.2) is 36.5 Å². The van der Waals surface area contributed by atoms with Crippen molar-refractivity contribution in [2.75, 3.05) is 18.4 Å². The van der Waals surface area contributed by atoms with Gasteiger partial charge >= 0.3 is 0 Å². The minimum Gasteiger partial charge on any atom is -0.339 e. The summed E-state index contributed by atoms with van der Waals surface area (Å²) < 4.78 is 25.6. The number of likely N-dealkylation sites (tertiary alicyclic amines) is 1. The molecule has 3 heterocycles. The van der Waals surface area contributed by atoms with Crippen molar-refractivity contribution >= 4 is 28.7 Å². The maximum Gasteiger partial charge on any atom is 0.295 e. The number of fused-ring (bicyclic) bond motifs is 1. The molecule has 1 aromatic carbocycles. The highest BCUT2D eigenvalue weighted by atomic mass is 19.3. The summed E-state index contributed by atoms with van der Waals surface area (Å²) in [5.41, 5.74) is 2.20. The molecule has 0 radical (unpaired) electrons. The minimum absolute atomic E-state index is 0.0985. The number of rotatable bonds is 4. The lowest BCUT2D eigenvalue weighted by Gasteiger charge is -2.31. The molecule has 0 atom stereocenters. The van der Waals surface area contributed by atoms with Gasteiger partial charge in [-0.15, -0.1) is 0 Å². The number of aryl methyl sites for hydroxylation is 1. The standard InChI is InChI=1S/C21H21F2N5O2/c1-12-4-7-24-17(10-12)27-20(29)13-5-8-28(9-6-13)21(30)14-2-3-15-16(11-14)26-19(25-15)18(22)23/h2-4,7,10-11,13,18H,5-6,8-9H2,1H3,(H,25,26)(H,24,27,29). The van der Waals surface area contributed by atoms with E-state index in [1.807, 2.05) is 19.1 Å². The van der Waals surface area contributed by atoms with Gasteiger partial charge in [-0.1, -0.05) is 0 Å². The molecule has 4 rings (SSSR count). The molecule has 3 aromatic rings. The molecule has 0 spiro atoms. The van der Waals surface area contributed by atoms with Crippen LogP contribution >= 0.6 is 0 Å². The monoisotopic (exact) mass is 413 g/mol. The van der Waals surface area contributed by atoms with Crippen molar-refractivity contribution in [2.45, 2.75) is 26.2 Å². The summed E-state index contributed by atoms with van der Waals surface area (Å²) in [5.74, 6) is -0.373. The number of imidazole rings is 1. The first kappa shape index (κ1) is 19.9. The molecule has 0 aliphatic carbocycles. The molecule has 0 unspecified atom stereocenters. The lowest BCUT2D eigenvalue weighted by Crippen LogP contribution is -2.41. The predicted octanol–water partition coefficient (Wildman–Crippen LogP) is 3.69. The van der Waals surface area contributed by atoms with E-state index in [9.17, 15) is 18.4 Å². The van der Waals surface area contributed by atoms with Crippen LogP contribution in [-0.2, 0) is 4.79 Å². The Balaban J connectivity index is 1.38.